The van der Waals surface area contributed by atoms with Gasteiger partial charge in [0.15, 0.2) is 0 Å². The van der Waals surface area contributed by atoms with Crippen molar-refractivity contribution in [2.45, 2.75) is 115 Å². The Labute approximate surface area is 233 Å². The maximum atomic E-state index is 12.6. The zero-order valence-electron chi connectivity index (χ0n) is 23.5. The van der Waals surface area contributed by atoms with E-state index in [0.29, 0.717) is 11.4 Å². The van der Waals surface area contributed by atoms with E-state index in [9.17, 15) is 14.1 Å². The third-order valence-electron chi connectivity index (χ3n) is 6.89. The smallest absolute Gasteiger partial charge is 0.248 e. The molecule has 0 saturated heterocycles. The van der Waals surface area contributed by atoms with Gasteiger partial charge in [0.05, 0.1) is 10.8 Å². The Kier molecular flexibility index (Phi) is 17.2. The average molecular weight is 540 g/mol. The highest BCUT2D eigenvalue weighted by Gasteiger charge is 2.05. The number of carbonyl (C=O) groups is 1. The Morgan fingerprint density at radius 3 is 1.68 bits per heavy atom. The Balaban J connectivity index is 1.47. The zero-order valence-corrected chi connectivity index (χ0v) is 24.3. The molecule has 2 aromatic rings. The van der Waals surface area contributed by atoms with E-state index in [1.54, 1.807) is 42.5 Å². The van der Waals surface area contributed by atoms with Crippen molar-refractivity contribution in [3.8, 4) is 5.75 Å². The van der Waals surface area contributed by atoms with E-state index >= 15 is 0 Å². The lowest BCUT2D eigenvalue weighted by molar-refractivity contribution is -0.111. The predicted molar refractivity (Wildman–Crippen MR) is 163 cm³/mol. The first-order chi connectivity index (χ1) is 18.6. The highest BCUT2D eigenvalue weighted by molar-refractivity contribution is 7.85. The highest BCUT2D eigenvalue weighted by Crippen LogP contribution is 2.17. The van der Waals surface area contributed by atoms with Gasteiger partial charge in [-0.15, -0.1) is 0 Å². The van der Waals surface area contributed by atoms with Gasteiger partial charge in [-0.25, -0.2) is 0 Å². The second-order valence-electron chi connectivity index (χ2n) is 10.3. The largest absolute Gasteiger partial charge is 0.508 e. The fourth-order valence-electron chi connectivity index (χ4n) is 4.53. The molecule has 2 N–H and O–H groups in total. The van der Waals surface area contributed by atoms with E-state index in [1.807, 2.05) is 12.1 Å². The molecule has 210 valence electrons. The van der Waals surface area contributed by atoms with E-state index in [4.69, 9.17) is 0 Å². The molecule has 1 atom stereocenters. The lowest BCUT2D eigenvalue weighted by atomic mass is 10.0. The number of nitrogens with one attached hydrogen (secondary N) is 1. The number of benzene rings is 2. The number of anilines is 1. The molecule has 0 aliphatic carbocycles. The van der Waals surface area contributed by atoms with Gasteiger partial charge in [-0.3, -0.25) is 9.00 Å². The summed E-state index contributed by atoms with van der Waals surface area (Å²) >= 11 is 0. The van der Waals surface area contributed by atoms with E-state index in [1.165, 1.54) is 96.0 Å². The summed E-state index contributed by atoms with van der Waals surface area (Å²) in [6.45, 7) is 2.28. The van der Waals surface area contributed by atoms with Crippen molar-refractivity contribution in [2.24, 2.45) is 0 Å². The number of amides is 1. The summed E-state index contributed by atoms with van der Waals surface area (Å²) in [5.74, 6) is 0.651. The number of carbonyl (C=O) groups excluding carboxylic acids is 1. The van der Waals surface area contributed by atoms with Gasteiger partial charge in [-0.2, -0.15) is 0 Å². The maximum Gasteiger partial charge on any atom is 0.248 e. The highest BCUT2D eigenvalue weighted by atomic mass is 32.2. The van der Waals surface area contributed by atoms with E-state index < -0.39 is 10.8 Å². The van der Waals surface area contributed by atoms with Crippen LogP contribution in [0.1, 0.15) is 115 Å². The first kappa shape index (κ1) is 31.8. The maximum absolute atomic E-state index is 12.6. The van der Waals surface area contributed by atoms with Gasteiger partial charge >= 0.3 is 0 Å². The van der Waals surface area contributed by atoms with Crippen LogP contribution in [0.25, 0.3) is 6.08 Å². The zero-order chi connectivity index (χ0) is 27.3. The van der Waals surface area contributed by atoms with Crippen molar-refractivity contribution < 1.29 is 14.1 Å². The van der Waals surface area contributed by atoms with Crippen LogP contribution in [-0.2, 0) is 15.6 Å². The van der Waals surface area contributed by atoms with Crippen LogP contribution in [0.5, 0.6) is 5.75 Å². The minimum absolute atomic E-state index is 0.193. The lowest BCUT2D eigenvalue weighted by Gasteiger charge is -2.06. The van der Waals surface area contributed by atoms with E-state index in [-0.39, 0.29) is 11.7 Å². The summed E-state index contributed by atoms with van der Waals surface area (Å²) in [5, 5.41) is 12.1. The molecule has 2 aromatic carbocycles. The SMILES string of the molecule is CCCCCCCCCCCCCCCCCCS(=O)c1ccc(NC(=O)/C=C/c2ccc(O)cc2)cc1. The minimum Gasteiger partial charge on any atom is -0.508 e. The van der Waals surface area contributed by atoms with Crippen molar-refractivity contribution in [1.82, 2.24) is 0 Å². The van der Waals surface area contributed by atoms with Crippen molar-refractivity contribution in [2.75, 3.05) is 11.1 Å². The number of unbranched alkanes of at least 4 members (excludes halogenated alkanes) is 15. The molecule has 0 spiro atoms. The number of hydrogen-bond donors (Lipinski definition) is 2. The predicted octanol–water partition coefficient (Wildman–Crippen LogP) is 9.41. The second-order valence-corrected chi connectivity index (χ2v) is 11.9. The lowest BCUT2D eigenvalue weighted by Crippen LogP contribution is -2.07. The Hall–Kier alpha value is -2.40. The van der Waals surface area contributed by atoms with E-state index in [2.05, 4.69) is 12.2 Å². The monoisotopic (exact) mass is 539 g/mol. The summed E-state index contributed by atoms with van der Waals surface area (Å²) in [5.41, 5.74) is 1.51. The molecule has 0 saturated carbocycles. The minimum atomic E-state index is -0.999. The van der Waals surface area contributed by atoms with Crippen LogP contribution in [0, 0.1) is 0 Å². The molecule has 1 unspecified atom stereocenters. The average Bonchev–Trinajstić information content (AvgIpc) is 2.93. The fourth-order valence-corrected chi connectivity index (χ4v) is 5.67. The molecule has 0 fully saturated rings. The molecular weight excluding hydrogens is 490 g/mol. The molecule has 0 radical (unpaired) electrons. The van der Waals surface area contributed by atoms with Gasteiger partial charge in [-0.1, -0.05) is 115 Å². The van der Waals surface area contributed by atoms with Gasteiger partial charge in [0.2, 0.25) is 5.91 Å². The molecular formula is C33H49NO3S. The number of phenols is 1. The molecule has 1 amide bonds. The Morgan fingerprint density at radius 1 is 0.711 bits per heavy atom. The number of phenolic OH excluding ortho intramolecular Hbond substituents is 1. The van der Waals surface area contributed by atoms with Crippen LogP contribution in [0.2, 0.25) is 0 Å². The number of rotatable bonds is 21. The first-order valence-electron chi connectivity index (χ1n) is 14.8. The molecule has 4 nitrogen and oxygen atoms in total. The summed E-state index contributed by atoms with van der Waals surface area (Å²) < 4.78 is 12.6. The first-order valence-corrected chi connectivity index (χ1v) is 16.2. The van der Waals surface area contributed by atoms with Crippen molar-refractivity contribution in [1.29, 1.82) is 0 Å². The van der Waals surface area contributed by atoms with Gasteiger partial charge < -0.3 is 10.4 Å². The summed E-state index contributed by atoms with van der Waals surface area (Å²) in [4.78, 5) is 12.9. The van der Waals surface area contributed by atoms with E-state index in [0.717, 1.165) is 23.3 Å². The Morgan fingerprint density at radius 2 is 1.18 bits per heavy atom. The van der Waals surface area contributed by atoms with Crippen molar-refractivity contribution >= 4 is 28.5 Å². The standard InChI is InChI=1S/C33H49NO3S/c1-2-3-4-5-6-7-8-9-10-11-12-13-14-15-16-17-28-38(37)32-25-21-30(22-26-32)34-33(36)27-20-29-18-23-31(35)24-19-29/h18-27,35H,2-17,28H2,1H3,(H,34,36)/b27-20+. The van der Waals surface area contributed by atoms with Crippen LogP contribution in [0.3, 0.4) is 0 Å². The van der Waals surface area contributed by atoms with Gasteiger partial charge in [0, 0.05) is 22.4 Å². The van der Waals surface area contributed by atoms with Gasteiger partial charge in [-0.05, 0) is 54.5 Å². The molecule has 0 aliphatic rings. The molecule has 2 rings (SSSR count). The van der Waals surface area contributed by atoms with Gasteiger partial charge in [0.1, 0.15) is 5.75 Å². The molecule has 0 aromatic heterocycles. The van der Waals surface area contributed by atoms with Crippen LogP contribution >= 0.6 is 0 Å². The van der Waals surface area contributed by atoms with Gasteiger partial charge in [0.25, 0.3) is 0 Å². The molecule has 0 aliphatic heterocycles. The quantitative estimate of drug-likeness (QED) is 0.123. The molecule has 38 heavy (non-hydrogen) atoms. The normalized spacial score (nSPS) is 12.1. The van der Waals surface area contributed by atoms with Crippen molar-refractivity contribution in [3.05, 3.63) is 60.2 Å². The summed E-state index contributed by atoms with van der Waals surface area (Å²) in [7, 11) is -0.999. The Bertz CT molecular complexity index is 938. The number of hydrogen-bond acceptors (Lipinski definition) is 3. The molecule has 0 bridgehead atoms. The summed E-state index contributed by atoms with van der Waals surface area (Å²) in [6, 6.07) is 13.9. The van der Waals surface area contributed by atoms with Crippen LogP contribution in [0.4, 0.5) is 5.69 Å². The third-order valence-corrected chi connectivity index (χ3v) is 8.35. The summed E-state index contributed by atoms with van der Waals surface area (Å²) in [6.07, 6.45) is 24.5. The second kappa shape index (κ2) is 20.5. The van der Waals surface area contributed by atoms with Crippen LogP contribution in [0.15, 0.2) is 59.5 Å². The van der Waals surface area contributed by atoms with Crippen LogP contribution < -0.4 is 5.32 Å². The fraction of sp³-hybridized carbons (Fsp3) is 0.545. The molecule has 5 heteroatoms. The topological polar surface area (TPSA) is 66.4 Å². The number of aromatic hydroxyl groups is 1. The van der Waals surface area contributed by atoms with Crippen molar-refractivity contribution in [3.63, 3.8) is 0 Å². The molecule has 0 heterocycles. The third kappa shape index (κ3) is 15.1. The van der Waals surface area contributed by atoms with Crippen LogP contribution in [-0.4, -0.2) is 21.0 Å².